The second kappa shape index (κ2) is 6.76. The second-order valence-corrected chi connectivity index (χ2v) is 5.84. The number of rotatable bonds is 5. The highest BCUT2D eigenvalue weighted by Gasteiger charge is 2.15. The molecule has 0 amide bonds. The van der Waals surface area contributed by atoms with Crippen molar-refractivity contribution >= 4 is 28.6 Å². The van der Waals surface area contributed by atoms with Gasteiger partial charge >= 0.3 is 5.97 Å². The van der Waals surface area contributed by atoms with Gasteiger partial charge in [0.15, 0.2) is 11.5 Å². The average Bonchev–Trinajstić information content (AvgIpc) is 2.61. The van der Waals surface area contributed by atoms with E-state index in [2.05, 4.69) is 9.97 Å². The molecule has 3 aromatic rings. The average molecular weight is 342 g/mol. The smallest absolute Gasteiger partial charge is 0.336 e. The van der Waals surface area contributed by atoms with E-state index in [9.17, 15) is 9.90 Å². The minimum atomic E-state index is -0.976. The van der Waals surface area contributed by atoms with E-state index >= 15 is 0 Å². The van der Waals surface area contributed by atoms with Gasteiger partial charge in [0.25, 0.3) is 0 Å². The van der Waals surface area contributed by atoms with Crippen LogP contribution in [-0.4, -0.2) is 35.3 Å². The topological polar surface area (TPSA) is 81.5 Å². The van der Waals surface area contributed by atoms with Crippen molar-refractivity contribution in [3.8, 4) is 11.5 Å². The zero-order valence-corrected chi connectivity index (χ0v) is 13.8. The summed E-state index contributed by atoms with van der Waals surface area (Å²) in [5, 5.41) is 10.7. The fourth-order valence-corrected chi connectivity index (χ4v) is 3.27. The lowest BCUT2D eigenvalue weighted by atomic mass is 10.2. The monoisotopic (exact) mass is 342 g/mol. The number of hydrogen-bond acceptors (Lipinski definition) is 6. The third-order valence-electron chi connectivity index (χ3n) is 3.43. The zero-order chi connectivity index (χ0) is 17.1. The van der Waals surface area contributed by atoms with E-state index in [4.69, 9.17) is 9.47 Å². The van der Waals surface area contributed by atoms with Gasteiger partial charge in [0, 0.05) is 16.3 Å². The number of carboxylic acids is 1. The zero-order valence-electron chi connectivity index (χ0n) is 13.0. The summed E-state index contributed by atoms with van der Waals surface area (Å²) in [4.78, 5) is 20.5. The first kappa shape index (κ1) is 16.1. The van der Waals surface area contributed by atoms with Crippen LogP contribution >= 0.6 is 11.8 Å². The van der Waals surface area contributed by atoms with Crippen molar-refractivity contribution in [3.63, 3.8) is 0 Å². The van der Waals surface area contributed by atoms with Gasteiger partial charge in [0.1, 0.15) is 11.4 Å². The molecule has 1 aromatic heterocycles. The molecule has 1 heterocycles. The van der Waals surface area contributed by atoms with Crippen LogP contribution < -0.4 is 9.47 Å². The van der Waals surface area contributed by atoms with Gasteiger partial charge in [-0.2, -0.15) is 0 Å². The van der Waals surface area contributed by atoms with E-state index in [0.717, 1.165) is 5.39 Å². The van der Waals surface area contributed by atoms with E-state index in [1.807, 2.05) is 0 Å². The van der Waals surface area contributed by atoms with Gasteiger partial charge < -0.3 is 14.6 Å². The van der Waals surface area contributed by atoms with Crippen LogP contribution in [0.3, 0.4) is 0 Å². The fraction of sp³-hybridized carbons (Fsp3) is 0.118. The molecule has 0 aliphatic heterocycles. The fourth-order valence-electron chi connectivity index (χ4n) is 2.28. The number of carbonyl (C=O) groups is 1. The van der Waals surface area contributed by atoms with Crippen LogP contribution in [0.5, 0.6) is 11.5 Å². The molecule has 2 aromatic carbocycles. The first-order chi connectivity index (χ1) is 11.6. The first-order valence-corrected chi connectivity index (χ1v) is 7.82. The van der Waals surface area contributed by atoms with Crippen LogP contribution in [0.4, 0.5) is 0 Å². The van der Waals surface area contributed by atoms with Crippen molar-refractivity contribution in [2.45, 2.75) is 9.92 Å². The Morgan fingerprint density at radius 2 is 1.79 bits per heavy atom. The normalized spacial score (nSPS) is 10.6. The standard InChI is InChI=1S/C17H14N2O4S/c1-22-13-7-11-12(8-14(13)23-2)18-9-19-16(11)24-15-6-4-3-5-10(15)17(20)21/h3-9H,1-2H3,(H,20,21). The van der Waals surface area contributed by atoms with Gasteiger partial charge in [0.05, 0.1) is 25.3 Å². The molecule has 3 rings (SSSR count). The lowest BCUT2D eigenvalue weighted by Crippen LogP contribution is -1.98. The quantitative estimate of drug-likeness (QED) is 0.711. The summed E-state index contributed by atoms with van der Waals surface area (Å²) < 4.78 is 10.6. The van der Waals surface area contributed by atoms with Crippen LogP contribution in [0, 0.1) is 0 Å². The number of aromatic carboxylic acids is 1. The predicted octanol–water partition coefficient (Wildman–Crippen LogP) is 3.50. The minimum absolute atomic E-state index is 0.231. The Hall–Kier alpha value is -2.80. The summed E-state index contributed by atoms with van der Waals surface area (Å²) in [6, 6.07) is 10.4. The molecule has 0 unspecified atom stereocenters. The molecule has 1 N–H and O–H groups in total. The van der Waals surface area contributed by atoms with E-state index in [-0.39, 0.29) is 5.56 Å². The molecule has 0 atom stereocenters. The summed E-state index contributed by atoms with van der Waals surface area (Å²) >= 11 is 1.28. The molecule has 6 nitrogen and oxygen atoms in total. The van der Waals surface area contributed by atoms with E-state index in [1.165, 1.54) is 18.1 Å². The molecular formula is C17H14N2O4S. The van der Waals surface area contributed by atoms with E-state index < -0.39 is 5.97 Å². The number of fused-ring (bicyclic) bond motifs is 1. The van der Waals surface area contributed by atoms with E-state index in [1.54, 1.807) is 50.6 Å². The summed E-state index contributed by atoms with van der Waals surface area (Å²) in [7, 11) is 3.11. The summed E-state index contributed by atoms with van der Waals surface area (Å²) in [5.74, 6) is 0.162. The summed E-state index contributed by atoms with van der Waals surface area (Å²) in [6.07, 6.45) is 1.44. The Morgan fingerprint density at radius 3 is 2.50 bits per heavy atom. The Bertz CT molecular complexity index is 914. The molecule has 0 spiro atoms. The van der Waals surface area contributed by atoms with Crippen molar-refractivity contribution in [1.82, 2.24) is 9.97 Å². The highest BCUT2D eigenvalue weighted by atomic mass is 32.2. The lowest BCUT2D eigenvalue weighted by Gasteiger charge is -2.11. The van der Waals surface area contributed by atoms with Gasteiger partial charge in [0.2, 0.25) is 0 Å². The van der Waals surface area contributed by atoms with Crippen LogP contribution in [0.1, 0.15) is 10.4 Å². The Labute approximate surface area is 142 Å². The molecule has 0 saturated heterocycles. The van der Waals surface area contributed by atoms with Crippen LogP contribution in [0.15, 0.2) is 52.6 Å². The molecule has 0 bridgehead atoms. The number of aromatic nitrogens is 2. The Morgan fingerprint density at radius 1 is 1.08 bits per heavy atom. The van der Waals surface area contributed by atoms with Crippen molar-refractivity contribution in [3.05, 3.63) is 48.3 Å². The second-order valence-electron chi connectivity index (χ2n) is 4.81. The van der Waals surface area contributed by atoms with E-state index in [0.29, 0.717) is 26.9 Å². The maximum absolute atomic E-state index is 11.4. The van der Waals surface area contributed by atoms with Crippen molar-refractivity contribution in [2.24, 2.45) is 0 Å². The molecule has 0 aliphatic rings. The maximum atomic E-state index is 11.4. The SMILES string of the molecule is COc1cc2ncnc(Sc3ccccc3C(=O)O)c2cc1OC. The number of carboxylic acid groups (broad SMARTS) is 1. The summed E-state index contributed by atoms with van der Waals surface area (Å²) in [6.45, 7) is 0. The van der Waals surface area contributed by atoms with Crippen LogP contribution in [0.25, 0.3) is 10.9 Å². The third-order valence-corrected chi connectivity index (χ3v) is 4.52. The van der Waals surface area contributed by atoms with Crippen LogP contribution in [-0.2, 0) is 0 Å². The van der Waals surface area contributed by atoms with Gasteiger partial charge in [-0.15, -0.1) is 0 Å². The molecule has 24 heavy (non-hydrogen) atoms. The first-order valence-electron chi connectivity index (χ1n) is 7.01. The number of benzene rings is 2. The highest BCUT2D eigenvalue weighted by molar-refractivity contribution is 7.99. The van der Waals surface area contributed by atoms with Crippen LogP contribution in [0.2, 0.25) is 0 Å². The summed E-state index contributed by atoms with van der Waals surface area (Å²) in [5.41, 5.74) is 0.924. The van der Waals surface area contributed by atoms with Crippen molar-refractivity contribution < 1.29 is 19.4 Å². The minimum Gasteiger partial charge on any atom is -0.493 e. The molecule has 7 heteroatoms. The molecule has 0 saturated carbocycles. The molecule has 122 valence electrons. The van der Waals surface area contributed by atoms with Gasteiger partial charge in [-0.05, 0) is 18.2 Å². The van der Waals surface area contributed by atoms with Gasteiger partial charge in [-0.25, -0.2) is 14.8 Å². The van der Waals surface area contributed by atoms with Gasteiger partial charge in [-0.1, -0.05) is 23.9 Å². The number of hydrogen-bond donors (Lipinski definition) is 1. The molecular weight excluding hydrogens is 328 g/mol. The number of ether oxygens (including phenoxy) is 2. The molecule has 0 fully saturated rings. The van der Waals surface area contributed by atoms with Gasteiger partial charge in [-0.3, -0.25) is 0 Å². The number of nitrogens with zero attached hydrogens (tertiary/aromatic N) is 2. The Balaban J connectivity index is 2.12. The lowest BCUT2D eigenvalue weighted by molar-refractivity contribution is 0.0693. The Kier molecular flexibility index (Phi) is 4.52. The largest absolute Gasteiger partial charge is 0.493 e. The van der Waals surface area contributed by atoms with Crippen molar-refractivity contribution in [1.29, 1.82) is 0 Å². The molecule has 0 radical (unpaired) electrons. The number of methoxy groups -OCH3 is 2. The maximum Gasteiger partial charge on any atom is 0.336 e. The molecule has 0 aliphatic carbocycles. The predicted molar refractivity (Wildman–Crippen MR) is 90.2 cm³/mol. The van der Waals surface area contributed by atoms with Crippen molar-refractivity contribution in [2.75, 3.05) is 14.2 Å². The third kappa shape index (κ3) is 2.98. The highest BCUT2D eigenvalue weighted by Crippen LogP contribution is 2.37.